The van der Waals surface area contributed by atoms with Crippen LogP contribution in [0.15, 0.2) is 24.3 Å². The zero-order chi connectivity index (χ0) is 14.7. The van der Waals surface area contributed by atoms with E-state index >= 15 is 0 Å². The molecular formula is C15H20N4O. The van der Waals surface area contributed by atoms with Crippen molar-refractivity contribution in [2.75, 3.05) is 5.73 Å². The van der Waals surface area contributed by atoms with E-state index in [9.17, 15) is 4.79 Å². The molecule has 0 aliphatic rings. The van der Waals surface area contributed by atoms with Gasteiger partial charge >= 0.3 is 0 Å². The molecule has 0 aliphatic carbocycles. The molecule has 0 aliphatic heterocycles. The maximum atomic E-state index is 12.2. The Balaban J connectivity index is 2.13. The lowest BCUT2D eigenvalue weighted by Crippen LogP contribution is -2.26. The van der Waals surface area contributed by atoms with Gasteiger partial charge in [-0.05, 0) is 24.5 Å². The number of nitrogens with two attached hydrogens (primary N) is 1. The van der Waals surface area contributed by atoms with Crippen LogP contribution in [0.25, 0.3) is 0 Å². The van der Waals surface area contributed by atoms with E-state index in [1.807, 2.05) is 18.2 Å². The molecule has 0 fully saturated rings. The van der Waals surface area contributed by atoms with Gasteiger partial charge in [0.15, 0.2) is 0 Å². The van der Waals surface area contributed by atoms with Crippen LogP contribution in [0.4, 0.5) is 5.69 Å². The van der Waals surface area contributed by atoms with Crippen LogP contribution in [0.1, 0.15) is 34.2 Å². The van der Waals surface area contributed by atoms with Crippen LogP contribution in [-0.4, -0.2) is 15.7 Å². The molecule has 1 heterocycles. The number of hydrogen-bond donors (Lipinski definition) is 2. The van der Waals surface area contributed by atoms with E-state index in [1.54, 1.807) is 14.0 Å². The Morgan fingerprint density at radius 1 is 1.35 bits per heavy atom. The minimum absolute atomic E-state index is 0.198. The lowest BCUT2D eigenvalue weighted by molar-refractivity contribution is 0.0942. The number of rotatable bonds is 4. The molecule has 0 bridgehead atoms. The fraction of sp³-hybridized carbons (Fsp3) is 0.333. The SMILES string of the molecule is CCc1ccccc1CNC(=O)c1c(N)c(C)nn1C. The van der Waals surface area contributed by atoms with Crippen LogP contribution in [0, 0.1) is 6.92 Å². The van der Waals surface area contributed by atoms with Crippen molar-refractivity contribution in [2.24, 2.45) is 7.05 Å². The molecule has 106 valence electrons. The average Bonchev–Trinajstić information content (AvgIpc) is 2.70. The summed E-state index contributed by atoms with van der Waals surface area (Å²) in [5.41, 5.74) is 9.77. The Bertz CT molecular complexity index is 631. The molecular weight excluding hydrogens is 252 g/mol. The highest BCUT2D eigenvalue weighted by Crippen LogP contribution is 2.15. The molecule has 0 saturated carbocycles. The first kappa shape index (κ1) is 14.1. The topological polar surface area (TPSA) is 72.9 Å². The third-order valence-corrected chi connectivity index (χ3v) is 3.42. The number of nitrogens with one attached hydrogen (secondary N) is 1. The number of carbonyl (C=O) groups is 1. The van der Waals surface area contributed by atoms with Crippen LogP contribution in [0.5, 0.6) is 0 Å². The fourth-order valence-corrected chi connectivity index (χ4v) is 2.28. The molecule has 3 N–H and O–H groups in total. The summed E-state index contributed by atoms with van der Waals surface area (Å²) in [4.78, 5) is 12.2. The molecule has 0 unspecified atom stereocenters. The summed E-state index contributed by atoms with van der Waals surface area (Å²) in [5, 5.41) is 7.06. The van der Waals surface area contributed by atoms with E-state index < -0.39 is 0 Å². The predicted octanol–water partition coefficient (Wildman–Crippen LogP) is 1.80. The lowest BCUT2D eigenvalue weighted by atomic mass is 10.1. The normalized spacial score (nSPS) is 10.6. The van der Waals surface area contributed by atoms with Gasteiger partial charge in [0.25, 0.3) is 5.91 Å². The van der Waals surface area contributed by atoms with Crippen molar-refractivity contribution in [3.8, 4) is 0 Å². The zero-order valence-electron chi connectivity index (χ0n) is 12.1. The number of nitrogens with zero attached hydrogens (tertiary/aromatic N) is 2. The summed E-state index contributed by atoms with van der Waals surface area (Å²) in [5.74, 6) is -0.198. The summed E-state index contributed by atoms with van der Waals surface area (Å²) in [6, 6.07) is 8.08. The Morgan fingerprint density at radius 3 is 2.55 bits per heavy atom. The second kappa shape index (κ2) is 5.77. The van der Waals surface area contributed by atoms with E-state index in [0.717, 1.165) is 12.0 Å². The summed E-state index contributed by atoms with van der Waals surface area (Å²) in [6.07, 6.45) is 0.943. The van der Waals surface area contributed by atoms with Gasteiger partial charge in [-0.25, -0.2) is 0 Å². The van der Waals surface area contributed by atoms with Gasteiger partial charge in [0.1, 0.15) is 5.69 Å². The Labute approximate surface area is 118 Å². The maximum Gasteiger partial charge on any atom is 0.271 e. The molecule has 1 aromatic carbocycles. The van der Waals surface area contributed by atoms with Crippen molar-refractivity contribution >= 4 is 11.6 Å². The van der Waals surface area contributed by atoms with E-state index in [0.29, 0.717) is 23.6 Å². The number of benzene rings is 1. The number of aryl methyl sites for hydroxylation is 3. The number of amides is 1. The van der Waals surface area contributed by atoms with Crippen LogP contribution in [0.2, 0.25) is 0 Å². The smallest absolute Gasteiger partial charge is 0.271 e. The molecule has 20 heavy (non-hydrogen) atoms. The molecule has 0 atom stereocenters. The summed E-state index contributed by atoms with van der Waals surface area (Å²) >= 11 is 0. The fourth-order valence-electron chi connectivity index (χ4n) is 2.28. The standard InChI is InChI=1S/C15H20N4O/c1-4-11-7-5-6-8-12(11)9-17-15(20)14-13(16)10(2)18-19(14)3/h5-8H,4,9,16H2,1-3H3,(H,17,20). The Hall–Kier alpha value is -2.30. The van der Waals surface area contributed by atoms with Crippen molar-refractivity contribution < 1.29 is 4.79 Å². The van der Waals surface area contributed by atoms with Crippen LogP contribution < -0.4 is 11.1 Å². The van der Waals surface area contributed by atoms with Gasteiger partial charge in [0, 0.05) is 13.6 Å². The van der Waals surface area contributed by atoms with Crippen molar-refractivity contribution in [3.63, 3.8) is 0 Å². The predicted molar refractivity (Wildman–Crippen MR) is 79.3 cm³/mol. The van der Waals surface area contributed by atoms with E-state index in [4.69, 9.17) is 5.73 Å². The maximum absolute atomic E-state index is 12.2. The minimum atomic E-state index is -0.198. The second-order valence-corrected chi connectivity index (χ2v) is 4.78. The number of carbonyl (C=O) groups excluding carboxylic acids is 1. The Kier molecular flexibility index (Phi) is 4.08. The molecule has 2 rings (SSSR count). The number of anilines is 1. The zero-order valence-corrected chi connectivity index (χ0v) is 12.1. The first-order valence-electron chi connectivity index (χ1n) is 6.68. The monoisotopic (exact) mass is 272 g/mol. The highest BCUT2D eigenvalue weighted by molar-refractivity contribution is 5.97. The third kappa shape index (κ3) is 2.66. The highest BCUT2D eigenvalue weighted by Gasteiger charge is 2.17. The average molecular weight is 272 g/mol. The van der Waals surface area contributed by atoms with Crippen molar-refractivity contribution in [1.29, 1.82) is 0 Å². The van der Waals surface area contributed by atoms with E-state index in [2.05, 4.69) is 23.4 Å². The Morgan fingerprint density at radius 2 is 2.00 bits per heavy atom. The summed E-state index contributed by atoms with van der Waals surface area (Å²) in [7, 11) is 1.72. The molecule has 0 spiro atoms. The van der Waals surface area contributed by atoms with Crippen LogP contribution in [-0.2, 0) is 20.0 Å². The summed E-state index contributed by atoms with van der Waals surface area (Å²) < 4.78 is 1.52. The van der Waals surface area contributed by atoms with Crippen LogP contribution >= 0.6 is 0 Å². The van der Waals surface area contributed by atoms with Gasteiger partial charge < -0.3 is 11.1 Å². The lowest BCUT2D eigenvalue weighted by Gasteiger charge is -2.09. The van der Waals surface area contributed by atoms with E-state index in [-0.39, 0.29) is 5.91 Å². The second-order valence-electron chi connectivity index (χ2n) is 4.78. The molecule has 1 aromatic heterocycles. The third-order valence-electron chi connectivity index (χ3n) is 3.42. The summed E-state index contributed by atoms with van der Waals surface area (Å²) in [6.45, 7) is 4.38. The van der Waals surface area contributed by atoms with Gasteiger partial charge in [-0.15, -0.1) is 0 Å². The minimum Gasteiger partial charge on any atom is -0.395 e. The van der Waals surface area contributed by atoms with Gasteiger partial charge in [-0.3, -0.25) is 9.48 Å². The molecule has 2 aromatic rings. The molecule has 1 amide bonds. The molecule has 5 nitrogen and oxygen atoms in total. The van der Waals surface area contributed by atoms with Crippen molar-refractivity contribution in [2.45, 2.75) is 26.8 Å². The van der Waals surface area contributed by atoms with Gasteiger partial charge in [-0.2, -0.15) is 5.10 Å². The van der Waals surface area contributed by atoms with Gasteiger partial charge in [-0.1, -0.05) is 31.2 Å². The molecule has 5 heteroatoms. The molecule has 0 radical (unpaired) electrons. The highest BCUT2D eigenvalue weighted by atomic mass is 16.2. The van der Waals surface area contributed by atoms with Crippen LogP contribution in [0.3, 0.4) is 0 Å². The number of aromatic nitrogens is 2. The first-order valence-corrected chi connectivity index (χ1v) is 6.68. The largest absolute Gasteiger partial charge is 0.395 e. The van der Waals surface area contributed by atoms with Gasteiger partial charge in [0.05, 0.1) is 11.4 Å². The quantitative estimate of drug-likeness (QED) is 0.891. The number of hydrogen-bond acceptors (Lipinski definition) is 3. The molecule has 0 saturated heterocycles. The van der Waals surface area contributed by atoms with Crippen molar-refractivity contribution in [1.82, 2.24) is 15.1 Å². The first-order chi connectivity index (χ1) is 9.54. The van der Waals surface area contributed by atoms with Crippen molar-refractivity contribution in [3.05, 3.63) is 46.8 Å². The van der Waals surface area contributed by atoms with Gasteiger partial charge in [0.2, 0.25) is 0 Å². The number of nitrogen functional groups attached to an aromatic ring is 1. The van der Waals surface area contributed by atoms with E-state index in [1.165, 1.54) is 10.2 Å².